The normalized spacial score (nSPS) is 16.1. The van der Waals surface area contributed by atoms with Crippen molar-refractivity contribution in [3.8, 4) is 0 Å². The lowest BCUT2D eigenvalue weighted by Crippen LogP contribution is -2.59. The summed E-state index contributed by atoms with van der Waals surface area (Å²) in [6.45, 7) is -0.879. The number of nitrogens with zero attached hydrogens (tertiary/aromatic N) is 1. The summed E-state index contributed by atoms with van der Waals surface area (Å²) >= 11 is 0. The van der Waals surface area contributed by atoms with Gasteiger partial charge in [0.25, 0.3) is 0 Å². The number of imide groups is 3. The molecule has 1 heterocycles. The van der Waals surface area contributed by atoms with Crippen LogP contribution >= 0.6 is 0 Å². The van der Waals surface area contributed by atoms with Gasteiger partial charge in [-0.05, 0) is 0 Å². The number of nitrogens with one attached hydrogen (secondary N) is 2. The Morgan fingerprint density at radius 1 is 1.06 bits per heavy atom. The molecule has 0 saturated carbocycles. The maximum Gasteiger partial charge on any atom is 0.416 e. The largest absolute Gasteiger partial charge is 0.465 e. The van der Waals surface area contributed by atoms with E-state index in [1.807, 2.05) is 0 Å². The van der Waals surface area contributed by atoms with Crippen LogP contribution in [-0.2, 0) is 9.59 Å². The second-order valence-corrected chi connectivity index (χ2v) is 3.04. The molecule has 0 aromatic rings. The molecule has 0 radical (unpaired) electrons. The van der Waals surface area contributed by atoms with Gasteiger partial charge in [-0.15, -0.1) is 0 Å². The first-order valence-electron chi connectivity index (χ1n) is 4.22. The third-order valence-corrected chi connectivity index (χ3v) is 1.93. The summed E-state index contributed by atoms with van der Waals surface area (Å²) < 4.78 is 0. The van der Waals surface area contributed by atoms with Gasteiger partial charge in [0, 0.05) is 0 Å². The number of urea groups is 1. The van der Waals surface area contributed by atoms with Gasteiger partial charge >= 0.3 is 18.2 Å². The number of carbonyl (C=O) groups is 5. The quantitative estimate of drug-likeness (QED) is 0.437. The standard InChI is InChI=1S/C7H7N3O7/c11-3-2(4(12)9-5(13)8-3)1-10(6(14)15)7(16)17/h2H,1H2,(H,14,15)(H,16,17)(H2,8,9,11,12,13). The Morgan fingerprint density at radius 3 is 1.82 bits per heavy atom. The Labute approximate surface area is 93.2 Å². The molecule has 0 atom stereocenters. The number of barbiturate groups is 1. The van der Waals surface area contributed by atoms with Crippen molar-refractivity contribution < 1.29 is 34.2 Å². The van der Waals surface area contributed by atoms with E-state index in [1.54, 1.807) is 10.6 Å². The summed E-state index contributed by atoms with van der Waals surface area (Å²) in [7, 11) is 0. The second-order valence-electron chi connectivity index (χ2n) is 3.04. The van der Waals surface area contributed by atoms with Crippen LogP contribution in [0.4, 0.5) is 14.4 Å². The van der Waals surface area contributed by atoms with Crippen LogP contribution in [-0.4, -0.2) is 51.7 Å². The summed E-state index contributed by atoms with van der Waals surface area (Å²) in [5.74, 6) is -3.68. The summed E-state index contributed by atoms with van der Waals surface area (Å²) in [5, 5.41) is 20.5. The molecule has 92 valence electrons. The Morgan fingerprint density at radius 2 is 1.47 bits per heavy atom. The molecule has 1 saturated heterocycles. The van der Waals surface area contributed by atoms with E-state index in [0.29, 0.717) is 0 Å². The van der Waals surface area contributed by atoms with Crippen molar-refractivity contribution in [2.75, 3.05) is 6.54 Å². The van der Waals surface area contributed by atoms with Gasteiger partial charge < -0.3 is 10.2 Å². The average molecular weight is 245 g/mol. The van der Waals surface area contributed by atoms with E-state index in [2.05, 4.69) is 0 Å². The average Bonchev–Trinajstić information content (AvgIpc) is 2.14. The number of hydrogen-bond donors (Lipinski definition) is 4. The van der Waals surface area contributed by atoms with Gasteiger partial charge in [0.15, 0.2) is 0 Å². The zero-order valence-corrected chi connectivity index (χ0v) is 8.17. The van der Waals surface area contributed by atoms with E-state index < -0.39 is 42.5 Å². The van der Waals surface area contributed by atoms with E-state index in [9.17, 15) is 24.0 Å². The molecule has 0 bridgehead atoms. The lowest BCUT2D eigenvalue weighted by molar-refractivity contribution is -0.136. The molecule has 1 aliphatic heterocycles. The van der Waals surface area contributed by atoms with Gasteiger partial charge in [-0.1, -0.05) is 0 Å². The molecule has 6 amide bonds. The van der Waals surface area contributed by atoms with Crippen molar-refractivity contribution in [2.45, 2.75) is 0 Å². The number of hydrogen-bond acceptors (Lipinski definition) is 5. The third-order valence-electron chi connectivity index (χ3n) is 1.93. The molecule has 10 nitrogen and oxygen atoms in total. The topological polar surface area (TPSA) is 153 Å². The number of amides is 6. The Balaban J connectivity index is 2.82. The molecule has 0 unspecified atom stereocenters. The molecule has 0 aromatic heterocycles. The van der Waals surface area contributed by atoms with E-state index in [0.717, 1.165) is 0 Å². The van der Waals surface area contributed by atoms with Crippen LogP contribution < -0.4 is 10.6 Å². The fraction of sp³-hybridized carbons (Fsp3) is 0.286. The fourth-order valence-corrected chi connectivity index (χ4v) is 1.13. The van der Waals surface area contributed by atoms with Crippen molar-refractivity contribution in [3.63, 3.8) is 0 Å². The smallest absolute Gasteiger partial charge is 0.416 e. The Hall–Kier alpha value is -2.65. The van der Waals surface area contributed by atoms with Crippen LogP contribution in [0.2, 0.25) is 0 Å². The minimum absolute atomic E-state index is 0.125. The van der Waals surface area contributed by atoms with Gasteiger partial charge in [-0.25, -0.2) is 19.3 Å². The highest BCUT2D eigenvalue weighted by molar-refractivity contribution is 6.16. The van der Waals surface area contributed by atoms with Crippen LogP contribution in [0.25, 0.3) is 0 Å². The summed E-state index contributed by atoms with van der Waals surface area (Å²) in [4.78, 5) is 53.9. The van der Waals surface area contributed by atoms with Crippen LogP contribution in [0.15, 0.2) is 0 Å². The summed E-state index contributed by atoms with van der Waals surface area (Å²) in [6.07, 6.45) is -3.65. The molecule has 0 aromatic carbocycles. The predicted molar refractivity (Wildman–Crippen MR) is 47.9 cm³/mol. The number of carboxylic acid groups (broad SMARTS) is 2. The van der Waals surface area contributed by atoms with E-state index in [4.69, 9.17) is 10.2 Å². The molecule has 10 heteroatoms. The zero-order valence-electron chi connectivity index (χ0n) is 8.17. The molecule has 17 heavy (non-hydrogen) atoms. The summed E-state index contributed by atoms with van der Waals surface area (Å²) in [5.41, 5.74) is 0. The van der Waals surface area contributed by atoms with Crippen LogP contribution in [0, 0.1) is 5.92 Å². The maximum atomic E-state index is 11.2. The fourth-order valence-electron chi connectivity index (χ4n) is 1.13. The lowest BCUT2D eigenvalue weighted by Gasteiger charge is -2.23. The van der Waals surface area contributed by atoms with Gasteiger partial charge in [-0.3, -0.25) is 20.2 Å². The highest BCUT2D eigenvalue weighted by Crippen LogP contribution is 2.06. The van der Waals surface area contributed by atoms with Crippen molar-refractivity contribution in [1.29, 1.82) is 0 Å². The van der Waals surface area contributed by atoms with Crippen LogP contribution in [0.1, 0.15) is 0 Å². The van der Waals surface area contributed by atoms with Gasteiger partial charge in [-0.2, -0.15) is 0 Å². The predicted octanol–water partition coefficient (Wildman–Crippen LogP) is -1.37. The molecule has 0 aliphatic carbocycles. The maximum absolute atomic E-state index is 11.2. The molecular weight excluding hydrogens is 238 g/mol. The first kappa shape index (κ1) is 12.4. The zero-order chi connectivity index (χ0) is 13.2. The summed E-state index contributed by atoms with van der Waals surface area (Å²) in [6, 6.07) is -1.03. The first-order chi connectivity index (χ1) is 7.82. The number of carbonyl (C=O) groups excluding carboxylic acids is 3. The van der Waals surface area contributed by atoms with E-state index in [1.165, 1.54) is 0 Å². The molecule has 0 spiro atoms. The van der Waals surface area contributed by atoms with Crippen LogP contribution in [0.5, 0.6) is 0 Å². The number of rotatable bonds is 2. The van der Waals surface area contributed by atoms with E-state index in [-0.39, 0.29) is 4.90 Å². The van der Waals surface area contributed by atoms with Crippen molar-refractivity contribution in [3.05, 3.63) is 0 Å². The highest BCUT2D eigenvalue weighted by atomic mass is 16.4. The molecule has 1 rings (SSSR count). The van der Waals surface area contributed by atoms with Crippen molar-refractivity contribution in [2.24, 2.45) is 5.92 Å². The minimum Gasteiger partial charge on any atom is -0.465 e. The van der Waals surface area contributed by atoms with Crippen molar-refractivity contribution in [1.82, 2.24) is 15.5 Å². The highest BCUT2D eigenvalue weighted by Gasteiger charge is 2.38. The lowest BCUT2D eigenvalue weighted by atomic mass is 10.1. The van der Waals surface area contributed by atoms with Crippen LogP contribution in [0.3, 0.4) is 0 Å². The molecule has 1 aliphatic rings. The van der Waals surface area contributed by atoms with Gasteiger partial charge in [0.2, 0.25) is 11.8 Å². The molecule has 4 N–H and O–H groups in total. The monoisotopic (exact) mass is 245 g/mol. The molecular formula is C7H7N3O7. The minimum atomic E-state index is -1.82. The third kappa shape index (κ3) is 2.68. The first-order valence-corrected chi connectivity index (χ1v) is 4.22. The second kappa shape index (κ2) is 4.47. The SMILES string of the molecule is O=C1NC(=O)C(CN(C(=O)O)C(=O)O)C(=O)N1. The van der Waals surface area contributed by atoms with E-state index >= 15 is 0 Å². The Kier molecular flexibility index (Phi) is 3.26. The Bertz CT molecular complexity index is 384. The van der Waals surface area contributed by atoms with Gasteiger partial charge in [0.05, 0.1) is 6.54 Å². The van der Waals surface area contributed by atoms with Crippen molar-refractivity contribution >= 4 is 30.0 Å². The van der Waals surface area contributed by atoms with Gasteiger partial charge in [0.1, 0.15) is 5.92 Å². The molecule has 1 fully saturated rings.